The topological polar surface area (TPSA) is 117 Å². The van der Waals surface area contributed by atoms with Crippen LogP contribution in [0, 0.1) is 0 Å². The van der Waals surface area contributed by atoms with Gasteiger partial charge in [-0.1, -0.05) is 0 Å². The van der Waals surface area contributed by atoms with Gasteiger partial charge in [-0.2, -0.15) is 4.31 Å². The van der Waals surface area contributed by atoms with E-state index in [4.69, 9.17) is 5.84 Å². The van der Waals surface area contributed by atoms with Gasteiger partial charge in [0.25, 0.3) is 0 Å². The monoisotopic (exact) mass is 363 g/mol. The zero-order chi connectivity index (χ0) is 14.9. The van der Waals surface area contributed by atoms with Gasteiger partial charge in [-0.15, -0.1) is 0 Å². The predicted molar refractivity (Wildman–Crippen MR) is 76.1 cm³/mol. The molecule has 1 aliphatic rings. The number of nitrogens with zero attached hydrogens (tertiary/aromatic N) is 2. The van der Waals surface area contributed by atoms with E-state index in [1.807, 2.05) is 0 Å². The van der Waals surface area contributed by atoms with Crippen molar-refractivity contribution in [1.29, 1.82) is 0 Å². The van der Waals surface area contributed by atoms with E-state index in [2.05, 4.69) is 31.7 Å². The van der Waals surface area contributed by atoms with Crippen LogP contribution in [-0.4, -0.2) is 42.7 Å². The fraction of sp³-hybridized carbons (Fsp3) is 0.400. The summed E-state index contributed by atoms with van der Waals surface area (Å²) in [7, 11) is -3.87. The number of halogens is 1. The SMILES string of the molecule is CC1C(=O)NCCN1S(=O)(=O)c1cc(Br)cnc1NN. The number of hydrazine groups is 1. The number of amides is 1. The second kappa shape index (κ2) is 5.64. The van der Waals surface area contributed by atoms with E-state index >= 15 is 0 Å². The van der Waals surface area contributed by atoms with Crippen LogP contribution in [-0.2, 0) is 14.8 Å². The highest BCUT2D eigenvalue weighted by Gasteiger charge is 2.37. The van der Waals surface area contributed by atoms with Crippen LogP contribution < -0.4 is 16.6 Å². The Morgan fingerprint density at radius 1 is 1.60 bits per heavy atom. The molecule has 1 fully saturated rings. The van der Waals surface area contributed by atoms with Gasteiger partial charge in [-0.05, 0) is 28.9 Å². The summed E-state index contributed by atoms with van der Waals surface area (Å²) in [6.45, 7) is 2.01. The first kappa shape index (κ1) is 15.2. The van der Waals surface area contributed by atoms with Gasteiger partial charge in [-0.25, -0.2) is 19.2 Å². The lowest BCUT2D eigenvalue weighted by Crippen LogP contribution is -2.55. The summed E-state index contributed by atoms with van der Waals surface area (Å²) in [5, 5.41) is 2.62. The quantitative estimate of drug-likeness (QED) is 0.498. The Balaban J connectivity index is 2.49. The molecule has 0 spiro atoms. The van der Waals surface area contributed by atoms with E-state index in [0.29, 0.717) is 4.47 Å². The van der Waals surface area contributed by atoms with Gasteiger partial charge in [0.15, 0.2) is 5.82 Å². The van der Waals surface area contributed by atoms with Crippen LogP contribution in [0.1, 0.15) is 6.92 Å². The van der Waals surface area contributed by atoms with E-state index in [1.54, 1.807) is 0 Å². The summed E-state index contributed by atoms with van der Waals surface area (Å²) in [4.78, 5) is 15.5. The van der Waals surface area contributed by atoms with Crippen LogP contribution in [0.4, 0.5) is 5.82 Å². The van der Waals surface area contributed by atoms with Crippen molar-refractivity contribution in [3.8, 4) is 0 Å². The van der Waals surface area contributed by atoms with Gasteiger partial charge < -0.3 is 10.7 Å². The molecule has 20 heavy (non-hydrogen) atoms. The molecule has 0 radical (unpaired) electrons. The molecule has 0 saturated carbocycles. The van der Waals surface area contributed by atoms with Crippen LogP contribution in [0.2, 0.25) is 0 Å². The van der Waals surface area contributed by atoms with Crippen molar-refractivity contribution in [3.05, 3.63) is 16.7 Å². The first-order chi connectivity index (χ1) is 9.37. The number of rotatable bonds is 3. The van der Waals surface area contributed by atoms with Gasteiger partial charge >= 0.3 is 0 Å². The molecule has 0 aromatic carbocycles. The number of carbonyl (C=O) groups excluding carboxylic acids is 1. The number of anilines is 1. The standard InChI is InChI=1S/C10H14BrN5O3S/c1-6-10(17)13-2-3-16(6)20(18,19)8-4-7(11)5-14-9(8)15-12/h4-6H,2-3,12H2,1H3,(H,13,17)(H,14,15). The lowest BCUT2D eigenvalue weighted by molar-refractivity contribution is -0.126. The molecule has 1 aromatic rings. The van der Waals surface area contributed by atoms with Crippen LogP contribution >= 0.6 is 15.9 Å². The number of nitrogen functional groups attached to an aromatic ring is 1. The first-order valence-corrected chi connectivity index (χ1v) is 8.03. The smallest absolute Gasteiger partial charge is 0.247 e. The number of nitrogens with two attached hydrogens (primary N) is 1. The molecule has 8 nitrogen and oxygen atoms in total. The van der Waals surface area contributed by atoms with E-state index in [0.717, 1.165) is 4.31 Å². The zero-order valence-electron chi connectivity index (χ0n) is 10.6. The third-order valence-corrected chi connectivity index (χ3v) is 5.40. The lowest BCUT2D eigenvalue weighted by atomic mass is 10.2. The third-order valence-electron chi connectivity index (χ3n) is 2.99. The highest BCUT2D eigenvalue weighted by molar-refractivity contribution is 9.10. The van der Waals surface area contributed by atoms with Crippen molar-refractivity contribution in [3.63, 3.8) is 0 Å². The Hall–Kier alpha value is -1.23. The van der Waals surface area contributed by atoms with Gasteiger partial charge in [0.05, 0.1) is 0 Å². The van der Waals surface area contributed by atoms with Crippen LogP contribution in [0.5, 0.6) is 0 Å². The van der Waals surface area contributed by atoms with Gasteiger partial charge in [-0.3, -0.25) is 4.79 Å². The number of carbonyl (C=O) groups is 1. The molecule has 1 atom stereocenters. The van der Waals surface area contributed by atoms with Gasteiger partial charge in [0.2, 0.25) is 15.9 Å². The van der Waals surface area contributed by atoms with Crippen molar-refractivity contribution in [2.24, 2.45) is 5.84 Å². The molecular formula is C10H14BrN5O3S. The number of aromatic nitrogens is 1. The second-order valence-corrected chi connectivity index (χ2v) is 7.00. The average Bonchev–Trinajstić information content (AvgIpc) is 2.41. The van der Waals surface area contributed by atoms with Crippen LogP contribution in [0.3, 0.4) is 0 Å². The minimum absolute atomic E-state index is 0.0337. The molecule has 0 aliphatic carbocycles. The fourth-order valence-corrected chi connectivity index (χ4v) is 4.15. The minimum Gasteiger partial charge on any atom is -0.353 e. The number of hydrogen-bond donors (Lipinski definition) is 3. The Morgan fingerprint density at radius 3 is 2.95 bits per heavy atom. The van der Waals surface area contributed by atoms with Crippen molar-refractivity contribution in [2.45, 2.75) is 17.9 Å². The summed E-state index contributed by atoms with van der Waals surface area (Å²) in [6, 6.07) is 0.620. The Labute approximate surface area is 124 Å². The molecular weight excluding hydrogens is 350 g/mol. The molecule has 10 heteroatoms. The largest absolute Gasteiger partial charge is 0.353 e. The Morgan fingerprint density at radius 2 is 2.30 bits per heavy atom. The number of nitrogens with one attached hydrogen (secondary N) is 2. The maximum Gasteiger partial charge on any atom is 0.247 e. The van der Waals surface area contributed by atoms with Crippen molar-refractivity contribution in [1.82, 2.24) is 14.6 Å². The highest BCUT2D eigenvalue weighted by Crippen LogP contribution is 2.27. The van der Waals surface area contributed by atoms with Crippen molar-refractivity contribution < 1.29 is 13.2 Å². The van der Waals surface area contributed by atoms with Crippen molar-refractivity contribution in [2.75, 3.05) is 18.5 Å². The molecule has 4 N–H and O–H groups in total. The first-order valence-electron chi connectivity index (χ1n) is 5.79. The van der Waals surface area contributed by atoms with E-state index in [1.165, 1.54) is 19.2 Å². The highest BCUT2D eigenvalue weighted by atomic mass is 79.9. The lowest BCUT2D eigenvalue weighted by Gasteiger charge is -2.32. The molecule has 1 aromatic heterocycles. The van der Waals surface area contributed by atoms with E-state index in [9.17, 15) is 13.2 Å². The number of hydrogen-bond acceptors (Lipinski definition) is 6. The molecule has 1 unspecified atom stereocenters. The summed E-state index contributed by atoms with van der Waals surface area (Å²) in [6.07, 6.45) is 1.43. The van der Waals surface area contributed by atoms with Crippen LogP contribution in [0.15, 0.2) is 21.6 Å². The minimum atomic E-state index is -3.87. The molecule has 110 valence electrons. The maximum absolute atomic E-state index is 12.7. The van der Waals surface area contributed by atoms with E-state index in [-0.39, 0.29) is 29.7 Å². The summed E-state index contributed by atoms with van der Waals surface area (Å²) in [5.41, 5.74) is 2.26. The number of pyridine rings is 1. The number of sulfonamides is 1. The zero-order valence-corrected chi connectivity index (χ0v) is 13.0. The number of piperazine rings is 1. The van der Waals surface area contributed by atoms with Crippen molar-refractivity contribution >= 4 is 37.7 Å². The maximum atomic E-state index is 12.7. The molecule has 1 amide bonds. The predicted octanol–water partition coefficient (Wildman–Crippen LogP) is -0.361. The Bertz CT molecular complexity index is 636. The fourth-order valence-electron chi connectivity index (χ4n) is 1.94. The van der Waals surface area contributed by atoms with Gasteiger partial charge in [0, 0.05) is 23.8 Å². The normalized spacial score (nSPS) is 20.6. The second-order valence-electron chi connectivity index (χ2n) is 4.23. The summed E-state index contributed by atoms with van der Waals surface area (Å²) >= 11 is 3.18. The third kappa shape index (κ3) is 2.64. The molecule has 2 rings (SSSR count). The average molecular weight is 364 g/mol. The van der Waals surface area contributed by atoms with Crippen LogP contribution in [0.25, 0.3) is 0 Å². The summed E-state index contributed by atoms with van der Waals surface area (Å²) < 4.78 is 27.0. The van der Waals surface area contributed by atoms with Gasteiger partial charge in [0.1, 0.15) is 10.9 Å². The molecule has 0 bridgehead atoms. The molecule has 1 aliphatic heterocycles. The molecule has 2 heterocycles. The molecule has 1 saturated heterocycles. The summed E-state index contributed by atoms with van der Waals surface area (Å²) in [5.74, 6) is 5.00. The van der Waals surface area contributed by atoms with E-state index < -0.39 is 16.1 Å². The Kier molecular flexibility index (Phi) is 4.28.